The van der Waals surface area contributed by atoms with Gasteiger partial charge in [0.25, 0.3) is 0 Å². The summed E-state index contributed by atoms with van der Waals surface area (Å²) >= 11 is 0. The lowest BCUT2D eigenvalue weighted by Crippen LogP contribution is -2.45. The zero-order chi connectivity index (χ0) is 13.9. The summed E-state index contributed by atoms with van der Waals surface area (Å²) in [4.78, 5) is 23.3. The van der Waals surface area contributed by atoms with Gasteiger partial charge in [-0.15, -0.1) is 0 Å². The number of nitrogens with one attached hydrogen (secondary N) is 1. The van der Waals surface area contributed by atoms with E-state index in [1.54, 1.807) is 0 Å². The summed E-state index contributed by atoms with van der Waals surface area (Å²) in [5, 5.41) is 3.06. The maximum absolute atomic E-state index is 11.8. The van der Waals surface area contributed by atoms with Gasteiger partial charge in [0.2, 0.25) is 5.91 Å². The van der Waals surface area contributed by atoms with Gasteiger partial charge >= 0.3 is 0 Å². The Morgan fingerprint density at radius 1 is 1.21 bits per heavy atom. The lowest BCUT2D eigenvalue weighted by Gasteiger charge is -2.35. The molecule has 0 spiro atoms. The summed E-state index contributed by atoms with van der Waals surface area (Å²) in [6, 6.07) is 0.218. The molecule has 0 radical (unpaired) electrons. The number of carbonyl (C=O) groups excluding carboxylic acids is 2. The molecule has 2 rings (SSSR count). The molecule has 1 amide bonds. The molecule has 1 saturated carbocycles. The summed E-state index contributed by atoms with van der Waals surface area (Å²) in [6.45, 7) is 4.82. The standard InChI is InChI=1S/C15H25NO3/c1-15(2)10-12(8-9-19-15)16-14(18)5-3-4-13(17)11-6-7-11/h11-12H,3-10H2,1-2H3,(H,16,18). The molecule has 1 N–H and O–H groups in total. The first-order valence-electron chi connectivity index (χ1n) is 7.42. The molecule has 108 valence electrons. The van der Waals surface area contributed by atoms with Gasteiger partial charge in [0, 0.05) is 31.4 Å². The Kier molecular flexibility index (Phi) is 4.61. The Morgan fingerprint density at radius 2 is 1.95 bits per heavy atom. The third-order valence-electron chi connectivity index (χ3n) is 3.92. The van der Waals surface area contributed by atoms with Crippen molar-refractivity contribution in [2.45, 2.75) is 70.4 Å². The van der Waals surface area contributed by atoms with Gasteiger partial charge in [-0.05, 0) is 46.0 Å². The van der Waals surface area contributed by atoms with Gasteiger partial charge in [0.15, 0.2) is 0 Å². The fourth-order valence-electron chi connectivity index (χ4n) is 2.69. The van der Waals surface area contributed by atoms with Crippen molar-refractivity contribution in [1.29, 1.82) is 0 Å². The van der Waals surface area contributed by atoms with Crippen LogP contribution in [0.2, 0.25) is 0 Å². The van der Waals surface area contributed by atoms with Crippen molar-refractivity contribution in [3.05, 3.63) is 0 Å². The first kappa shape index (κ1) is 14.5. The number of hydrogen-bond acceptors (Lipinski definition) is 3. The number of amides is 1. The van der Waals surface area contributed by atoms with E-state index in [1.807, 2.05) is 0 Å². The van der Waals surface area contributed by atoms with Crippen LogP contribution in [-0.2, 0) is 14.3 Å². The molecule has 1 saturated heterocycles. The predicted octanol–water partition coefficient (Wildman–Crippen LogP) is 2.21. The topological polar surface area (TPSA) is 55.4 Å². The van der Waals surface area contributed by atoms with Crippen molar-refractivity contribution >= 4 is 11.7 Å². The fourth-order valence-corrected chi connectivity index (χ4v) is 2.69. The van der Waals surface area contributed by atoms with Crippen molar-refractivity contribution in [1.82, 2.24) is 5.32 Å². The lowest BCUT2D eigenvalue weighted by molar-refractivity contribution is -0.124. The highest BCUT2D eigenvalue weighted by Crippen LogP contribution is 2.31. The molecule has 0 aromatic carbocycles. The van der Waals surface area contributed by atoms with E-state index in [1.165, 1.54) is 0 Å². The molecule has 1 heterocycles. The summed E-state index contributed by atoms with van der Waals surface area (Å²) in [5.74, 6) is 0.741. The van der Waals surface area contributed by atoms with Crippen LogP contribution < -0.4 is 5.32 Å². The molecule has 19 heavy (non-hydrogen) atoms. The summed E-state index contributed by atoms with van der Waals surface area (Å²) < 4.78 is 5.63. The largest absolute Gasteiger partial charge is 0.375 e. The maximum atomic E-state index is 11.8. The van der Waals surface area contributed by atoms with Crippen LogP contribution in [0.4, 0.5) is 0 Å². The highest BCUT2D eigenvalue weighted by atomic mass is 16.5. The number of carbonyl (C=O) groups is 2. The monoisotopic (exact) mass is 267 g/mol. The molecule has 0 aromatic heterocycles. The van der Waals surface area contributed by atoms with Crippen molar-refractivity contribution in [2.24, 2.45) is 5.92 Å². The van der Waals surface area contributed by atoms with Gasteiger partial charge in [0.05, 0.1) is 5.60 Å². The molecular weight excluding hydrogens is 242 g/mol. The Morgan fingerprint density at radius 3 is 2.58 bits per heavy atom. The van der Waals surface area contributed by atoms with E-state index < -0.39 is 0 Å². The van der Waals surface area contributed by atoms with Crippen LogP contribution >= 0.6 is 0 Å². The smallest absolute Gasteiger partial charge is 0.220 e. The van der Waals surface area contributed by atoms with Crippen LogP contribution in [0.3, 0.4) is 0 Å². The predicted molar refractivity (Wildman–Crippen MR) is 72.8 cm³/mol. The summed E-state index contributed by atoms with van der Waals surface area (Å²) in [6.07, 6.45) is 5.58. The molecule has 0 bridgehead atoms. The van der Waals surface area contributed by atoms with E-state index in [4.69, 9.17) is 4.74 Å². The van der Waals surface area contributed by atoms with Crippen LogP contribution in [0, 0.1) is 5.92 Å². The molecule has 2 aliphatic rings. The number of Topliss-reactive ketones (excluding diaryl/α,β-unsaturated/α-hetero) is 1. The fraction of sp³-hybridized carbons (Fsp3) is 0.867. The van der Waals surface area contributed by atoms with E-state index in [-0.39, 0.29) is 17.6 Å². The summed E-state index contributed by atoms with van der Waals surface area (Å²) in [7, 11) is 0. The molecule has 1 unspecified atom stereocenters. The Balaban J connectivity index is 1.62. The van der Waals surface area contributed by atoms with Gasteiger partial charge in [0.1, 0.15) is 5.78 Å². The number of ketones is 1. The Labute approximate surface area is 115 Å². The second-order valence-electron chi connectivity index (χ2n) is 6.46. The summed E-state index contributed by atoms with van der Waals surface area (Å²) in [5.41, 5.74) is -0.141. The number of rotatable bonds is 6. The second kappa shape index (κ2) is 6.04. The van der Waals surface area contributed by atoms with Gasteiger partial charge in [-0.1, -0.05) is 0 Å². The second-order valence-corrected chi connectivity index (χ2v) is 6.46. The quantitative estimate of drug-likeness (QED) is 0.802. The van der Waals surface area contributed by atoms with E-state index in [0.29, 0.717) is 37.6 Å². The lowest BCUT2D eigenvalue weighted by atomic mass is 9.94. The molecule has 0 aromatic rings. The molecule has 4 nitrogen and oxygen atoms in total. The average Bonchev–Trinajstić information content (AvgIpc) is 3.10. The third-order valence-corrected chi connectivity index (χ3v) is 3.92. The van der Waals surface area contributed by atoms with Crippen molar-refractivity contribution in [3.8, 4) is 0 Å². The van der Waals surface area contributed by atoms with E-state index in [0.717, 1.165) is 25.7 Å². The van der Waals surface area contributed by atoms with E-state index in [9.17, 15) is 9.59 Å². The van der Waals surface area contributed by atoms with Gasteiger partial charge in [-0.25, -0.2) is 0 Å². The number of hydrogen-bond donors (Lipinski definition) is 1. The first-order valence-corrected chi connectivity index (χ1v) is 7.42. The molecule has 4 heteroatoms. The van der Waals surface area contributed by atoms with Crippen molar-refractivity contribution in [3.63, 3.8) is 0 Å². The molecule has 1 aliphatic heterocycles. The number of ether oxygens (including phenoxy) is 1. The molecule has 2 fully saturated rings. The van der Waals surface area contributed by atoms with Gasteiger partial charge in [-0.2, -0.15) is 0 Å². The first-order chi connectivity index (χ1) is 8.96. The van der Waals surface area contributed by atoms with Crippen LogP contribution in [0.1, 0.15) is 58.8 Å². The maximum Gasteiger partial charge on any atom is 0.220 e. The van der Waals surface area contributed by atoms with Crippen LogP contribution in [-0.4, -0.2) is 29.9 Å². The molecule has 1 atom stereocenters. The Bertz CT molecular complexity index is 347. The highest BCUT2D eigenvalue weighted by molar-refractivity contribution is 5.84. The molecular formula is C15H25NO3. The van der Waals surface area contributed by atoms with Gasteiger partial charge in [-0.3, -0.25) is 9.59 Å². The normalized spacial score (nSPS) is 25.9. The van der Waals surface area contributed by atoms with Crippen molar-refractivity contribution < 1.29 is 14.3 Å². The highest BCUT2D eigenvalue weighted by Gasteiger charge is 2.30. The molecule has 1 aliphatic carbocycles. The van der Waals surface area contributed by atoms with Crippen LogP contribution in [0.15, 0.2) is 0 Å². The minimum absolute atomic E-state index is 0.0753. The SMILES string of the molecule is CC1(C)CC(NC(=O)CCCC(=O)C2CC2)CCO1. The minimum Gasteiger partial charge on any atom is -0.375 e. The van der Waals surface area contributed by atoms with Gasteiger partial charge < -0.3 is 10.1 Å². The third kappa shape index (κ3) is 4.94. The van der Waals surface area contributed by atoms with E-state index in [2.05, 4.69) is 19.2 Å². The van der Waals surface area contributed by atoms with Crippen molar-refractivity contribution in [2.75, 3.05) is 6.61 Å². The Hall–Kier alpha value is -0.900. The van der Waals surface area contributed by atoms with Crippen LogP contribution in [0.25, 0.3) is 0 Å². The average molecular weight is 267 g/mol. The van der Waals surface area contributed by atoms with Crippen LogP contribution in [0.5, 0.6) is 0 Å². The zero-order valence-electron chi connectivity index (χ0n) is 12.0. The zero-order valence-corrected chi connectivity index (χ0v) is 12.0. The minimum atomic E-state index is -0.141. The van der Waals surface area contributed by atoms with E-state index >= 15 is 0 Å².